The van der Waals surface area contributed by atoms with Crippen LogP contribution in [-0.2, 0) is 13.6 Å². The van der Waals surface area contributed by atoms with E-state index >= 15 is 0 Å². The van der Waals surface area contributed by atoms with E-state index in [4.69, 9.17) is 12.2 Å². The molecule has 162 valence electrons. The molecule has 1 aliphatic heterocycles. The largest absolute Gasteiger partial charge is 0.337 e. The molecule has 9 heteroatoms. The van der Waals surface area contributed by atoms with Crippen molar-refractivity contribution < 1.29 is 4.79 Å². The summed E-state index contributed by atoms with van der Waals surface area (Å²) in [5.74, 6) is -0.0177. The molecule has 2 N–H and O–H groups in total. The Morgan fingerprint density at radius 3 is 2.55 bits per heavy atom. The number of benzene rings is 1. The van der Waals surface area contributed by atoms with Crippen LogP contribution in [0, 0.1) is 6.92 Å². The minimum Gasteiger partial charge on any atom is -0.337 e. The standard InChI is InChI=1S/C22H27N7OS/c1-16-6-8-17(9-7-16)14-29-15-18(12-24-29)25-22(31)26-19-13-23-27(2)20(19)21(30)28-10-4-3-5-11-28/h6-9,12-13,15H,3-5,10-11,14H2,1-2H3,(H2,25,26,31). The lowest BCUT2D eigenvalue weighted by molar-refractivity contribution is 0.0714. The second kappa shape index (κ2) is 9.30. The highest BCUT2D eigenvalue weighted by Crippen LogP contribution is 2.20. The molecule has 31 heavy (non-hydrogen) atoms. The van der Waals surface area contributed by atoms with E-state index in [9.17, 15) is 4.79 Å². The maximum absolute atomic E-state index is 13.0. The number of amides is 1. The maximum atomic E-state index is 13.0. The highest BCUT2D eigenvalue weighted by atomic mass is 32.1. The number of hydrogen-bond donors (Lipinski definition) is 2. The van der Waals surface area contributed by atoms with Gasteiger partial charge in [0.05, 0.1) is 30.3 Å². The smallest absolute Gasteiger partial charge is 0.274 e. The average Bonchev–Trinajstić information content (AvgIpc) is 3.35. The van der Waals surface area contributed by atoms with Gasteiger partial charge in [-0.3, -0.25) is 14.2 Å². The van der Waals surface area contributed by atoms with E-state index in [0.29, 0.717) is 23.0 Å². The number of likely N-dealkylation sites (tertiary alicyclic amines) is 1. The minimum absolute atomic E-state index is 0.0177. The Balaban J connectivity index is 1.39. The topological polar surface area (TPSA) is 80.0 Å². The van der Waals surface area contributed by atoms with Gasteiger partial charge in [-0.2, -0.15) is 10.2 Å². The van der Waals surface area contributed by atoms with Crippen molar-refractivity contribution in [2.24, 2.45) is 7.05 Å². The second-order valence-electron chi connectivity index (χ2n) is 7.87. The molecule has 0 unspecified atom stereocenters. The van der Waals surface area contributed by atoms with E-state index < -0.39 is 0 Å². The number of piperidine rings is 1. The van der Waals surface area contributed by atoms with Gasteiger partial charge in [-0.25, -0.2) is 0 Å². The first-order chi connectivity index (χ1) is 15.0. The van der Waals surface area contributed by atoms with Gasteiger partial charge in [-0.15, -0.1) is 0 Å². The second-order valence-corrected chi connectivity index (χ2v) is 8.28. The van der Waals surface area contributed by atoms with Crippen molar-refractivity contribution in [3.05, 3.63) is 59.7 Å². The van der Waals surface area contributed by atoms with Crippen molar-refractivity contribution in [3.63, 3.8) is 0 Å². The van der Waals surface area contributed by atoms with Crippen molar-refractivity contribution in [2.45, 2.75) is 32.7 Å². The number of thiocarbonyl (C=S) groups is 1. The van der Waals surface area contributed by atoms with E-state index in [1.807, 2.05) is 15.8 Å². The number of rotatable bonds is 5. The Kier molecular flexibility index (Phi) is 6.31. The maximum Gasteiger partial charge on any atom is 0.274 e. The molecule has 1 fully saturated rings. The zero-order valence-corrected chi connectivity index (χ0v) is 18.7. The number of carbonyl (C=O) groups excluding carboxylic acids is 1. The van der Waals surface area contributed by atoms with Crippen LogP contribution in [0.15, 0.2) is 42.9 Å². The highest BCUT2D eigenvalue weighted by molar-refractivity contribution is 7.80. The van der Waals surface area contributed by atoms with Crippen LogP contribution in [0.3, 0.4) is 0 Å². The number of nitrogens with one attached hydrogen (secondary N) is 2. The fourth-order valence-corrected chi connectivity index (χ4v) is 3.94. The molecule has 4 rings (SSSR count). The molecule has 3 aromatic rings. The first-order valence-electron chi connectivity index (χ1n) is 10.5. The average molecular weight is 438 g/mol. The Morgan fingerprint density at radius 1 is 1.06 bits per heavy atom. The van der Waals surface area contributed by atoms with Crippen molar-refractivity contribution in [2.75, 3.05) is 23.7 Å². The monoisotopic (exact) mass is 437 g/mol. The third-order valence-corrected chi connectivity index (χ3v) is 5.59. The highest BCUT2D eigenvalue weighted by Gasteiger charge is 2.24. The molecule has 1 aromatic carbocycles. The first-order valence-corrected chi connectivity index (χ1v) is 10.9. The predicted molar refractivity (Wildman–Crippen MR) is 125 cm³/mol. The van der Waals surface area contributed by atoms with E-state index in [1.54, 1.807) is 24.1 Å². The summed E-state index contributed by atoms with van der Waals surface area (Å²) in [6.07, 6.45) is 8.51. The quantitative estimate of drug-likeness (QED) is 0.596. The molecule has 8 nitrogen and oxygen atoms in total. The molecule has 0 saturated carbocycles. The lowest BCUT2D eigenvalue weighted by Crippen LogP contribution is -2.37. The molecule has 0 aliphatic carbocycles. The number of nitrogens with zero attached hydrogens (tertiary/aromatic N) is 5. The molecular formula is C22H27N7OS. The number of aryl methyl sites for hydroxylation is 2. The van der Waals surface area contributed by atoms with Crippen LogP contribution in [0.5, 0.6) is 0 Å². The molecule has 0 atom stereocenters. The van der Waals surface area contributed by atoms with Crippen LogP contribution in [0.25, 0.3) is 0 Å². The fourth-order valence-electron chi connectivity index (χ4n) is 3.71. The van der Waals surface area contributed by atoms with Gasteiger partial charge in [0.25, 0.3) is 5.91 Å². The lowest BCUT2D eigenvalue weighted by atomic mass is 10.1. The zero-order valence-electron chi connectivity index (χ0n) is 17.8. The molecule has 3 heterocycles. The van der Waals surface area contributed by atoms with E-state index in [0.717, 1.165) is 31.6 Å². The van der Waals surface area contributed by atoms with Gasteiger partial charge >= 0.3 is 0 Å². The molecular weight excluding hydrogens is 410 g/mol. The minimum atomic E-state index is -0.0177. The van der Waals surface area contributed by atoms with Gasteiger partial charge in [-0.1, -0.05) is 29.8 Å². The third-order valence-electron chi connectivity index (χ3n) is 5.39. The van der Waals surface area contributed by atoms with Crippen LogP contribution >= 0.6 is 12.2 Å². The summed E-state index contributed by atoms with van der Waals surface area (Å²) in [7, 11) is 1.77. The predicted octanol–water partition coefficient (Wildman–Crippen LogP) is 3.41. The Hall–Kier alpha value is -3.20. The number of carbonyl (C=O) groups is 1. The summed E-state index contributed by atoms with van der Waals surface area (Å²) < 4.78 is 3.45. The summed E-state index contributed by atoms with van der Waals surface area (Å²) in [5.41, 5.74) is 4.30. The lowest BCUT2D eigenvalue weighted by Gasteiger charge is -2.27. The summed E-state index contributed by atoms with van der Waals surface area (Å²) in [6, 6.07) is 8.38. The van der Waals surface area contributed by atoms with Gasteiger partial charge in [0.15, 0.2) is 5.11 Å². The number of hydrogen-bond acceptors (Lipinski definition) is 4. The Morgan fingerprint density at radius 2 is 1.81 bits per heavy atom. The summed E-state index contributed by atoms with van der Waals surface area (Å²) in [6.45, 7) is 4.32. The normalized spacial score (nSPS) is 13.8. The molecule has 1 aliphatic rings. The van der Waals surface area contributed by atoms with Gasteiger partial charge in [0.1, 0.15) is 5.69 Å². The third kappa shape index (κ3) is 5.11. The molecule has 2 aromatic heterocycles. The summed E-state index contributed by atoms with van der Waals surface area (Å²) in [5, 5.41) is 15.3. The number of aromatic nitrogens is 4. The fraction of sp³-hybridized carbons (Fsp3) is 0.364. The SMILES string of the molecule is Cc1ccc(Cn2cc(NC(=S)Nc3cnn(C)c3C(=O)N3CCCCC3)cn2)cc1. The van der Waals surface area contributed by atoms with Crippen molar-refractivity contribution in [1.82, 2.24) is 24.5 Å². The van der Waals surface area contributed by atoms with Crippen LogP contribution in [0.4, 0.5) is 11.4 Å². The van der Waals surface area contributed by atoms with Gasteiger partial charge in [-0.05, 0) is 44.0 Å². The molecule has 1 amide bonds. The van der Waals surface area contributed by atoms with E-state index in [2.05, 4.69) is 52.0 Å². The van der Waals surface area contributed by atoms with Gasteiger partial charge < -0.3 is 15.5 Å². The summed E-state index contributed by atoms with van der Waals surface area (Å²) in [4.78, 5) is 14.9. The zero-order chi connectivity index (χ0) is 21.8. The van der Waals surface area contributed by atoms with E-state index in [1.165, 1.54) is 17.5 Å². The van der Waals surface area contributed by atoms with Gasteiger partial charge in [0.2, 0.25) is 0 Å². The van der Waals surface area contributed by atoms with Crippen LogP contribution < -0.4 is 10.6 Å². The Labute approximate surface area is 187 Å². The number of anilines is 2. The van der Waals surface area contributed by atoms with Crippen LogP contribution in [0.2, 0.25) is 0 Å². The molecule has 0 radical (unpaired) electrons. The van der Waals surface area contributed by atoms with Crippen LogP contribution in [0.1, 0.15) is 40.9 Å². The van der Waals surface area contributed by atoms with Crippen LogP contribution in [-0.4, -0.2) is 48.6 Å². The first kappa shape index (κ1) is 21.0. The molecule has 1 saturated heterocycles. The van der Waals surface area contributed by atoms with E-state index in [-0.39, 0.29) is 5.91 Å². The van der Waals surface area contributed by atoms with Crippen molar-refractivity contribution in [3.8, 4) is 0 Å². The Bertz CT molecular complexity index is 1060. The summed E-state index contributed by atoms with van der Waals surface area (Å²) >= 11 is 5.46. The van der Waals surface area contributed by atoms with Gasteiger partial charge in [0, 0.05) is 26.3 Å². The van der Waals surface area contributed by atoms with Crippen molar-refractivity contribution >= 4 is 34.6 Å². The molecule has 0 spiro atoms. The van der Waals surface area contributed by atoms with Crippen molar-refractivity contribution in [1.29, 1.82) is 0 Å². The molecule has 0 bridgehead atoms.